The summed E-state index contributed by atoms with van der Waals surface area (Å²) in [6, 6.07) is 3.07. The molecule has 0 radical (unpaired) electrons. The van der Waals surface area contributed by atoms with Gasteiger partial charge in [-0.1, -0.05) is 0 Å². The van der Waals surface area contributed by atoms with Crippen LogP contribution < -0.4 is 11.4 Å². The van der Waals surface area contributed by atoms with Crippen LogP contribution in [0.25, 0.3) is 0 Å². The molecule has 8 heteroatoms. The number of amides is 3. The Balaban J connectivity index is 2.26. The maximum atomic E-state index is 12.1. The lowest BCUT2D eigenvalue weighted by atomic mass is 10.3. The van der Waals surface area contributed by atoms with Crippen molar-refractivity contribution in [3.8, 4) is 0 Å². The lowest BCUT2D eigenvalue weighted by molar-refractivity contribution is -0.157. The highest BCUT2D eigenvalue weighted by atomic mass is 16.2. The molecule has 1 aromatic heterocycles. The van der Waals surface area contributed by atoms with Gasteiger partial charge >= 0.3 is 0 Å². The van der Waals surface area contributed by atoms with Gasteiger partial charge in [-0.25, -0.2) is 0 Å². The van der Waals surface area contributed by atoms with E-state index in [0.717, 1.165) is 0 Å². The second-order valence-electron chi connectivity index (χ2n) is 3.59. The molecule has 0 spiro atoms. The summed E-state index contributed by atoms with van der Waals surface area (Å²) >= 11 is 0. The van der Waals surface area contributed by atoms with Crippen molar-refractivity contribution in [2.24, 2.45) is 5.84 Å². The fourth-order valence-corrected chi connectivity index (χ4v) is 1.61. The summed E-state index contributed by atoms with van der Waals surface area (Å²) in [5, 5.41) is 1.39. The topological polar surface area (TPSA) is 109 Å². The number of hydrogen-bond donors (Lipinski definition) is 2. The van der Waals surface area contributed by atoms with E-state index in [1.54, 1.807) is 6.07 Å². The number of aromatic nitrogens is 1. The Bertz CT molecular complexity index is 474. The van der Waals surface area contributed by atoms with E-state index in [1.165, 1.54) is 18.5 Å². The van der Waals surface area contributed by atoms with Gasteiger partial charge in [-0.15, -0.1) is 5.53 Å². The number of nitrogens with zero attached hydrogens (tertiary/aromatic N) is 3. The minimum Gasteiger partial charge on any atom is -0.272 e. The van der Waals surface area contributed by atoms with E-state index in [1.807, 2.05) is 5.53 Å². The zero-order valence-electron chi connectivity index (χ0n) is 9.37. The van der Waals surface area contributed by atoms with Crippen molar-refractivity contribution in [2.75, 3.05) is 0 Å². The number of pyridine rings is 1. The van der Waals surface area contributed by atoms with Gasteiger partial charge in [0, 0.05) is 25.2 Å². The Morgan fingerprint density at radius 3 is 2.56 bits per heavy atom. The molecule has 1 fully saturated rings. The predicted molar refractivity (Wildman–Crippen MR) is 58.8 cm³/mol. The van der Waals surface area contributed by atoms with Crippen molar-refractivity contribution in [3.63, 3.8) is 0 Å². The van der Waals surface area contributed by atoms with E-state index >= 15 is 0 Å². The van der Waals surface area contributed by atoms with Crippen molar-refractivity contribution in [1.82, 2.24) is 20.6 Å². The predicted octanol–water partition coefficient (Wildman–Crippen LogP) is -1.03. The fraction of sp³-hybridized carbons (Fsp3) is 0.200. The van der Waals surface area contributed by atoms with Crippen LogP contribution in [0.1, 0.15) is 23.2 Å². The summed E-state index contributed by atoms with van der Waals surface area (Å²) in [6.45, 7) is 0. The molecule has 1 aliphatic heterocycles. The highest BCUT2D eigenvalue weighted by Crippen LogP contribution is 2.15. The van der Waals surface area contributed by atoms with Crippen LogP contribution in [0, 0.1) is 0 Å². The van der Waals surface area contributed by atoms with E-state index < -0.39 is 17.7 Å². The molecule has 1 saturated heterocycles. The van der Waals surface area contributed by atoms with Gasteiger partial charge in [0.25, 0.3) is 5.91 Å². The van der Waals surface area contributed by atoms with Crippen molar-refractivity contribution < 1.29 is 14.4 Å². The average Bonchev–Trinajstić information content (AvgIpc) is 2.72. The molecule has 0 saturated carbocycles. The summed E-state index contributed by atoms with van der Waals surface area (Å²) in [7, 11) is 0. The first kappa shape index (κ1) is 12.1. The third-order valence-corrected chi connectivity index (χ3v) is 2.45. The Morgan fingerprint density at radius 1 is 1.39 bits per heavy atom. The molecule has 2 rings (SSSR count). The minimum atomic E-state index is -0.630. The zero-order chi connectivity index (χ0) is 13.1. The molecular formula is C10H11N5O3. The van der Waals surface area contributed by atoms with Crippen molar-refractivity contribution in [2.45, 2.75) is 12.8 Å². The molecule has 1 aliphatic rings. The van der Waals surface area contributed by atoms with Crippen molar-refractivity contribution in [1.29, 1.82) is 0 Å². The van der Waals surface area contributed by atoms with Crippen LogP contribution in [0.3, 0.4) is 0 Å². The molecule has 3 amide bonds. The number of nitrogens with two attached hydrogens (primary N) is 1. The van der Waals surface area contributed by atoms with Crippen molar-refractivity contribution in [3.05, 3.63) is 30.1 Å². The second kappa shape index (κ2) is 4.90. The van der Waals surface area contributed by atoms with Crippen LogP contribution in [-0.4, -0.2) is 32.8 Å². The van der Waals surface area contributed by atoms with Gasteiger partial charge in [0.15, 0.2) is 0 Å². The number of carbonyl (C=O) groups is 3. The van der Waals surface area contributed by atoms with Crippen LogP contribution in [0.5, 0.6) is 0 Å². The SMILES string of the molecule is NNN(C(=O)c1cccnc1)N1C(=O)CCC1=O. The average molecular weight is 249 g/mol. The zero-order valence-corrected chi connectivity index (χ0v) is 9.37. The molecule has 0 bridgehead atoms. The molecule has 8 nitrogen and oxygen atoms in total. The quantitative estimate of drug-likeness (QED) is 0.402. The highest BCUT2D eigenvalue weighted by molar-refractivity contribution is 6.05. The third-order valence-electron chi connectivity index (χ3n) is 2.45. The fourth-order valence-electron chi connectivity index (χ4n) is 1.61. The van der Waals surface area contributed by atoms with Gasteiger partial charge in [-0.2, -0.15) is 10.1 Å². The van der Waals surface area contributed by atoms with E-state index in [9.17, 15) is 14.4 Å². The normalized spacial score (nSPS) is 15.1. The number of hydrogen-bond acceptors (Lipinski definition) is 6. The van der Waals surface area contributed by atoms with E-state index in [2.05, 4.69) is 4.98 Å². The molecule has 18 heavy (non-hydrogen) atoms. The van der Waals surface area contributed by atoms with Gasteiger partial charge in [-0.05, 0) is 12.1 Å². The molecule has 0 unspecified atom stereocenters. The maximum absolute atomic E-state index is 12.1. The second-order valence-corrected chi connectivity index (χ2v) is 3.59. The summed E-state index contributed by atoms with van der Waals surface area (Å²) in [6.07, 6.45) is 2.95. The molecule has 3 N–H and O–H groups in total. The minimum absolute atomic E-state index is 0.0668. The first-order chi connectivity index (χ1) is 8.65. The number of hydrazine groups is 3. The highest BCUT2D eigenvalue weighted by Gasteiger charge is 2.37. The first-order valence-electron chi connectivity index (χ1n) is 5.21. The standard InChI is InChI=1S/C10H11N5O3/c11-13-15(14-8(16)3-4-9(14)17)10(18)7-2-1-5-12-6-7/h1-2,5-6,13H,3-4,11H2. The smallest absolute Gasteiger partial charge is 0.272 e. The van der Waals surface area contributed by atoms with Crippen molar-refractivity contribution >= 4 is 17.7 Å². The Hall–Kier alpha value is -2.32. The Kier molecular flexibility index (Phi) is 3.31. The molecule has 1 aromatic rings. The molecular weight excluding hydrogens is 238 g/mol. The first-order valence-corrected chi connectivity index (χ1v) is 5.21. The number of nitrogens with one attached hydrogen (secondary N) is 1. The summed E-state index contributed by atoms with van der Waals surface area (Å²) in [5.74, 6) is 3.62. The third kappa shape index (κ3) is 2.06. The molecule has 0 aliphatic carbocycles. The van der Waals surface area contributed by atoms with E-state index in [4.69, 9.17) is 5.84 Å². The maximum Gasteiger partial charge on any atom is 0.290 e. The summed E-state index contributed by atoms with van der Waals surface area (Å²) in [5.41, 5.74) is 2.25. The number of carbonyl (C=O) groups excluding carboxylic acids is 3. The Labute approximate surface area is 102 Å². The van der Waals surface area contributed by atoms with Crippen LogP contribution in [0.4, 0.5) is 0 Å². The summed E-state index contributed by atoms with van der Waals surface area (Å²) < 4.78 is 0. The molecule has 0 atom stereocenters. The van der Waals surface area contributed by atoms with Gasteiger partial charge < -0.3 is 0 Å². The summed E-state index contributed by atoms with van der Waals surface area (Å²) in [4.78, 5) is 38.9. The van der Waals surface area contributed by atoms with E-state index in [0.29, 0.717) is 10.1 Å². The number of imide groups is 1. The lowest BCUT2D eigenvalue weighted by Crippen LogP contribution is -2.58. The van der Waals surface area contributed by atoms with Gasteiger partial charge in [0.1, 0.15) is 0 Å². The monoisotopic (exact) mass is 249 g/mol. The van der Waals surface area contributed by atoms with Gasteiger partial charge in [0.2, 0.25) is 11.8 Å². The molecule has 0 aromatic carbocycles. The molecule has 94 valence electrons. The lowest BCUT2D eigenvalue weighted by Gasteiger charge is -2.27. The Morgan fingerprint density at radius 2 is 2.06 bits per heavy atom. The van der Waals surface area contributed by atoms with Gasteiger partial charge in [0.05, 0.1) is 5.56 Å². The van der Waals surface area contributed by atoms with Crippen LogP contribution in [-0.2, 0) is 9.59 Å². The van der Waals surface area contributed by atoms with Crippen LogP contribution >= 0.6 is 0 Å². The van der Waals surface area contributed by atoms with E-state index in [-0.39, 0.29) is 18.4 Å². The van der Waals surface area contributed by atoms with Crippen LogP contribution in [0.15, 0.2) is 24.5 Å². The largest absolute Gasteiger partial charge is 0.290 e. The number of rotatable bonds is 3. The van der Waals surface area contributed by atoms with Crippen LogP contribution in [0.2, 0.25) is 0 Å². The molecule has 2 heterocycles. The van der Waals surface area contributed by atoms with Gasteiger partial charge in [-0.3, -0.25) is 25.2 Å².